The first kappa shape index (κ1) is 101. The average Bonchev–Trinajstić information content (AvgIpc) is 1.58. The number of methoxy groups -OCH3 is 3. The zero-order valence-electron chi connectivity index (χ0n) is 83.4. The molecule has 21 rings (SSSR count). The van der Waals surface area contributed by atoms with Crippen molar-refractivity contribution in [3.8, 4) is 17.2 Å². The number of aromatic nitrogens is 15. The number of nitrogens with one attached hydrogen (secondary N) is 15. The summed E-state index contributed by atoms with van der Waals surface area (Å²) in [5.74, 6) is 1.90. The predicted molar refractivity (Wildman–Crippen MR) is 544 cm³/mol. The summed E-state index contributed by atoms with van der Waals surface area (Å²) in [5, 5.41) is 69.3. The number of carbonyl (C=O) groups is 5. The minimum Gasteiger partial charge on any atom is -0.495 e. The molecule has 5 aliphatic heterocycles. The van der Waals surface area contributed by atoms with Crippen LogP contribution < -0.4 is 94.0 Å². The molecule has 20 bridgehead atoms. The van der Waals surface area contributed by atoms with Gasteiger partial charge in [0.05, 0.1) is 169 Å². The number of halogens is 3. The standard InChI is InChI=1S/C20H23FN6O3.2C20H23FN6O2.C20H22N6O3.C20H24N6O3/c1-10-8-30-9-12-5-13(18(29-4)11(2)17(12)21)25-16-6-14(22-3)19-23-7-15(20(28)24-10)27(19)26-16;2*1-4-12-5-14(21)13-6-15(12)25-18-7-16(22-3)19-23-8-17(27(19)26-18)20(28)24-11(2)9-29-10-13;1-21-14-8-17-23-13-7-12(3-4-16(13)28-2)10-29-11-20(5-6-20)24-19(27)15-9-22-18(14)26(15)25-17;1-11-5-13-6-14(18(11)28-4)24-17-7-15(21-3)19-22-8-16(26(19)25-17)20(27)23-12(2)9-29-10-13/h5-7,10,22H,8-9H2,1-4H3,(H,24,28)(H,25,26);2*5-8,11,22H,4,9-10H2,1-3H3,(H,24,28)(H,25,26);3-4,7-9,21H,5-6,10-11H2,1-2H3,(H,23,25)(H,24,27);5-8,12,21H,9-10H2,1-4H3,(H,23,27)(H,24,25)/t10-;11-;;;12-/m11..1/s1. The molecule has 0 radical (unpaired) electrons. The minimum atomic E-state index is -0.391. The third kappa shape index (κ3) is 21.7. The van der Waals surface area contributed by atoms with Gasteiger partial charge in [0.1, 0.15) is 34.7 Å². The first-order valence-electron chi connectivity index (χ1n) is 47.5. The molecule has 15 N–H and O–H groups in total. The quantitative estimate of drug-likeness (QED) is 0.0604. The zero-order valence-corrected chi connectivity index (χ0v) is 83.4. The van der Waals surface area contributed by atoms with E-state index in [4.69, 9.17) is 37.9 Å². The van der Waals surface area contributed by atoms with Crippen LogP contribution in [0.5, 0.6) is 17.2 Å². The Labute approximate surface area is 836 Å². The number of nitrogens with zero attached hydrogens (tertiary/aromatic N) is 15. The number of benzene rings is 5. The largest absolute Gasteiger partial charge is 0.495 e. The second kappa shape index (κ2) is 43.8. The van der Waals surface area contributed by atoms with Gasteiger partial charge in [-0.1, -0.05) is 19.9 Å². The van der Waals surface area contributed by atoms with Gasteiger partial charge in [-0.3, -0.25) is 24.0 Å². The lowest BCUT2D eigenvalue weighted by Crippen LogP contribution is -2.41. The second-order valence-electron chi connectivity index (χ2n) is 35.8. The van der Waals surface area contributed by atoms with Crippen molar-refractivity contribution < 1.29 is 75.0 Å². The molecule has 15 aromatic rings. The maximum Gasteiger partial charge on any atom is 0.272 e. The number of fused-ring (bicyclic) bond motifs is 15. The summed E-state index contributed by atoms with van der Waals surface area (Å²) >= 11 is 0. The summed E-state index contributed by atoms with van der Waals surface area (Å²) in [6.45, 7) is 17.6. The highest BCUT2D eigenvalue weighted by Gasteiger charge is 2.45. The molecule has 10 aromatic heterocycles. The predicted octanol–water partition coefficient (Wildman–Crippen LogP) is 13.1. The normalized spacial score (nSPS) is 17.0. The number of aryl methyl sites for hydroxylation is 3. The number of imidazole rings is 5. The fraction of sp³-hybridized carbons (Fsp3) is 0.350. The highest BCUT2D eigenvalue weighted by molar-refractivity contribution is 5.98. The molecule has 1 unspecified atom stereocenters. The Balaban J connectivity index is 0.000000125. The fourth-order valence-corrected chi connectivity index (χ4v) is 17.3. The van der Waals surface area contributed by atoms with E-state index in [-0.39, 0.29) is 116 Å². The van der Waals surface area contributed by atoms with E-state index >= 15 is 0 Å². The average molecular weight is 2000 g/mol. The Bertz CT molecular complexity index is 7320. The van der Waals surface area contributed by atoms with E-state index in [1.165, 1.54) is 62.1 Å². The number of rotatable bonds is 10. The van der Waals surface area contributed by atoms with Crippen LogP contribution in [0.2, 0.25) is 0 Å². The lowest BCUT2D eigenvalue weighted by molar-refractivity contribution is 0.0751. The third-order valence-electron chi connectivity index (χ3n) is 24.9. The van der Waals surface area contributed by atoms with Crippen LogP contribution in [0.3, 0.4) is 0 Å². The van der Waals surface area contributed by atoms with Gasteiger partial charge in [0.15, 0.2) is 85.8 Å². The molecule has 4 atom stereocenters. The van der Waals surface area contributed by atoms with Gasteiger partial charge in [-0.15, -0.1) is 25.5 Å². The van der Waals surface area contributed by atoms with E-state index in [1.54, 1.807) is 96.4 Å². The van der Waals surface area contributed by atoms with E-state index in [0.717, 1.165) is 80.5 Å². The molecule has 6 aliphatic rings. The molecule has 1 fully saturated rings. The molecule has 1 saturated carbocycles. The molecule has 5 amide bonds. The maximum absolute atomic E-state index is 14.8. The number of amides is 5. The Morgan fingerprint density at radius 2 is 0.712 bits per heavy atom. The summed E-state index contributed by atoms with van der Waals surface area (Å²) in [5.41, 5.74) is 17.5. The fourth-order valence-electron chi connectivity index (χ4n) is 17.3. The van der Waals surface area contributed by atoms with Gasteiger partial charge < -0.3 is 118 Å². The molecule has 1 spiro atoms. The minimum absolute atomic E-state index is 0.0533. The van der Waals surface area contributed by atoms with Crippen LogP contribution in [-0.2, 0) is 69.6 Å². The van der Waals surface area contributed by atoms with Crippen molar-refractivity contribution in [3.63, 3.8) is 0 Å². The summed E-state index contributed by atoms with van der Waals surface area (Å²) in [7, 11) is 13.7. The molecule has 46 heteroatoms. The van der Waals surface area contributed by atoms with Crippen LogP contribution in [0, 0.1) is 31.3 Å². The molecular weight excluding hydrogens is 1890 g/mol. The van der Waals surface area contributed by atoms with Crippen LogP contribution >= 0.6 is 0 Å². The van der Waals surface area contributed by atoms with Crippen LogP contribution in [0.4, 0.5) is 99.1 Å². The van der Waals surface area contributed by atoms with Crippen LogP contribution in [0.25, 0.3) is 28.2 Å². The highest BCUT2D eigenvalue weighted by Crippen LogP contribution is 2.41. The SMILES string of the molecule is CCc1cc(F)c2cc1Nc1cc(NC)c3ncc(n3n1)C(=O)NC(C)COC2.CCc1cc(F)c2cc1Nc1cc(NC)c3ncc(n3n1)C(=O)N[C@H](C)COC2.CNc1cc2nn3c(cnc13)C(=O)NC1(CC1)COCc1ccc(OC)c(c1)N2.CNc1cc2nn3c(cnc13)C(=O)N[C@H](C)COCc1cc(C)c(OC)c(c1)N2.CNc1cc2nn3c(cnc13)C(=O)N[C@H](C)COCc1cc(c(OC)c(C)c1F)N2. The van der Waals surface area contributed by atoms with E-state index in [1.807, 2.05) is 98.0 Å². The summed E-state index contributed by atoms with van der Waals surface area (Å²) in [6, 6.07) is 26.2. The number of anilines is 15. The monoisotopic (exact) mass is 2000 g/mol. The lowest BCUT2D eigenvalue weighted by atomic mass is 10.1. The smallest absolute Gasteiger partial charge is 0.272 e. The number of hydrogen-bond acceptors (Lipinski definition) is 33. The summed E-state index contributed by atoms with van der Waals surface area (Å²) in [4.78, 5) is 85.7. The summed E-state index contributed by atoms with van der Waals surface area (Å²) < 4.78 is 96.6. The first-order valence-corrected chi connectivity index (χ1v) is 47.5. The topological polar surface area (TPSA) is 491 Å². The second-order valence-corrected chi connectivity index (χ2v) is 35.8. The Hall–Kier alpha value is -16.5. The molecule has 5 aromatic carbocycles. The first-order chi connectivity index (χ1) is 70.5. The third-order valence-corrected chi connectivity index (χ3v) is 24.9. The van der Waals surface area contributed by atoms with Gasteiger partial charge in [-0.05, 0) is 150 Å². The zero-order chi connectivity index (χ0) is 103. The number of carbonyl (C=O) groups excluding carboxylic acids is 5. The van der Waals surface area contributed by atoms with Gasteiger partial charge in [0.2, 0.25) is 0 Å². The number of hydrogen-bond donors (Lipinski definition) is 15. The molecule has 15 heterocycles. The van der Waals surface area contributed by atoms with Crippen molar-refractivity contribution in [2.45, 2.75) is 144 Å². The summed E-state index contributed by atoms with van der Waals surface area (Å²) in [6.07, 6.45) is 10.6. The van der Waals surface area contributed by atoms with Gasteiger partial charge >= 0.3 is 0 Å². The highest BCUT2D eigenvalue weighted by atomic mass is 19.1. The van der Waals surface area contributed by atoms with Crippen molar-refractivity contribution in [2.75, 3.05) is 143 Å². The molecular formula is C100H115F3N30O13. The molecule has 146 heavy (non-hydrogen) atoms. The van der Waals surface area contributed by atoms with Crippen LogP contribution in [-0.4, -0.2) is 222 Å². The van der Waals surface area contributed by atoms with Crippen LogP contribution in [0.15, 0.2) is 122 Å². The van der Waals surface area contributed by atoms with Gasteiger partial charge in [0.25, 0.3) is 29.5 Å². The van der Waals surface area contributed by atoms with Crippen molar-refractivity contribution in [1.82, 2.24) is 99.6 Å². The van der Waals surface area contributed by atoms with Crippen molar-refractivity contribution >= 4 is 144 Å². The number of ether oxygens (including phenoxy) is 8. The van der Waals surface area contributed by atoms with Crippen LogP contribution in [0.1, 0.15) is 157 Å². The molecule has 1 aliphatic carbocycles. The van der Waals surface area contributed by atoms with Crippen molar-refractivity contribution in [2.24, 2.45) is 0 Å². The Morgan fingerprint density at radius 1 is 0.384 bits per heavy atom. The molecule has 43 nitrogen and oxygen atoms in total. The van der Waals surface area contributed by atoms with E-state index in [9.17, 15) is 37.1 Å². The molecule has 0 saturated heterocycles. The van der Waals surface area contributed by atoms with Crippen molar-refractivity contribution in [3.05, 3.63) is 218 Å². The maximum atomic E-state index is 14.8. The molecule has 764 valence electrons. The van der Waals surface area contributed by atoms with E-state index in [0.29, 0.717) is 176 Å². The lowest BCUT2D eigenvalue weighted by Gasteiger charge is -2.19. The van der Waals surface area contributed by atoms with Gasteiger partial charge in [0, 0.05) is 123 Å². The Kier molecular flexibility index (Phi) is 30.3. The van der Waals surface area contributed by atoms with E-state index < -0.39 is 5.82 Å². The van der Waals surface area contributed by atoms with Crippen molar-refractivity contribution in [1.29, 1.82) is 0 Å². The van der Waals surface area contributed by atoms with E-state index in [2.05, 4.69) is 130 Å². The Morgan fingerprint density at radius 3 is 1.07 bits per heavy atom. The van der Waals surface area contributed by atoms with Gasteiger partial charge in [-0.2, -0.15) is 0 Å². The van der Waals surface area contributed by atoms with Gasteiger partial charge in [-0.25, -0.2) is 60.7 Å².